The van der Waals surface area contributed by atoms with Gasteiger partial charge in [0.2, 0.25) is 0 Å². The minimum Gasteiger partial charge on any atom is -0.296 e. The highest BCUT2D eigenvalue weighted by atomic mass is 19.1. The van der Waals surface area contributed by atoms with E-state index in [-0.39, 0.29) is 11.5 Å². The molecule has 0 N–H and O–H groups in total. The van der Waals surface area contributed by atoms with E-state index in [4.69, 9.17) is 0 Å². The molecule has 1 aromatic carbocycles. The van der Waals surface area contributed by atoms with E-state index < -0.39 is 0 Å². The average Bonchev–Trinajstić information content (AvgIpc) is 2.92. The van der Waals surface area contributed by atoms with Crippen LogP contribution in [0.5, 0.6) is 0 Å². The summed E-state index contributed by atoms with van der Waals surface area (Å²) in [6, 6.07) is 9.45. The van der Waals surface area contributed by atoms with Gasteiger partial charge in [0.1, 0.15) is 11.5 Å². The van der Waals surface area contributed by atoms with Crippen LogP contribution in [0, 0.1) is 5.82 Å². The fourth-order valence-corrected chi connectivity index (χ4v) is 1.93. The third-order valence-electron chi connectivity index (χ3n) is 2.80. The van der Waals surface area contributed by atoms with E-state index in [1.54, 1.807) is 36.7 Å². The standard InChI is InChI=1S/C14H9FN4O/c15-11-4-1-5-12(7-11)19-14(13(9-20)17-18-19)10-3-2-6-16-8-10/h1-9H. The summed E-state index contributed by atoms with van der Waals surface area (Å²) in [6.07, 6.45) is 3.84. The molecule has 6 heteroatoms. The van der Waals surface area contributed by atoms with Crippen LogP contribution in [-0.4, -0.2) is 26.3 Å². The van der Waals surface area contributed by atoms with E-state index in [9.17, 15) is 9.18 Å². The molecule has 3 rings (SSSR count). The number of carbonyl (C=O) groups is 1. The van der Waals surface area contributed by atoms with E-state index in [0.717, 1.165) is 0 Å². The first kappa shape index (κ1) is 12.2. The van der Waals surface area contributed by atoms with Crippen LogP contribution in [0.15, 0.2) is 48.8 Å². The van der Waals surface area contributed by atoms with Crippen molar-refractivity contribution in [3.05, 3.63) is 60.3 Å². The lowest BCUT2D eigenvalue weighted by Gasteiger charge is -2.06. The van der Waals surface area contributed by atoms with E-state index in [2.05, 4.69) is 15.3 Å². The summed E-state index contributed by atoms with van der Waals surface area (Å²) >= 11 is 0. The topological polar surface area (TPSA) is 60.7 Å². The van der Waals surface area contributed by atoms with Gasteiger partial charge in [-0.2, -0.15) is 0 Å². The molecule has 0 spiro atoms. The van der Waals surface area contributed by atoms with Crippen LogP contribution in [-0.2, 0) is 0 Å². The molecular weight excluding hydrogens is 259 g/mol. The van der Waals surface area contributed by atoms with Crippen molar-refractivity contribution in [1.82, 2.24) is 20.0 Å². The van der Waals surface area contributed by atoms with Gasteiger partial charge in [-0.25, -0.2) is 9.07 Å². The molecule has 3 aromatic rings. The Morgan fingerprint density at radius 2 is 2.10 bits per heavy atom. The van der Waals surface area contributed by atoms with Gasteiger partial charge in [0.05, 0.1) is 5.69 Å². The molecule has 2 aromatic heterocycles. The van der Waals surface area contributed by atoms with Crippen molar-refractivity contribution < 1.29 is 9.18 Å². The van der Waals surface area contributed by atoms with Gasteiger partial charge in [-0.15, -0.1) is 5.10 Å². The highest BCUT2D eigenvalue weighted by molar-refractivity contribution is 5.83. The Morgan fingerprint density at radius 1 is 1.20 bits per heavy atom. The molecule has 98 valence electrons. The van der Waals surface area contributed by atoms with Crippen LogP contribution < -0.4 is 0 Å². The second-order valence-corrected chi connectivity index (χ2v) is 4.07. The van der Waals surface area contributed by atoms with E-state index >= 15 is 0 Å². The van der Waals surface area contributed by atoms with Crippen molar-refractivity contribution in [2.75, 3.05) is 0 Å². The molecule has 0 fully saturated rings. The normalized spacial score (nSPS) is 10.4. The van der Waals surface area contributed by atoms with Crippen LogP contribution in [0.2, 0.25) is 0 Å². The minimum atomic E-state index is -0.386. The summed E-state index contributed by atoms with van der Waals surface area (Å²) < 4.78 is 14.8. The number of rotatable bonds is 3. The predicted molar refractivity (Wildman–Crippen MR) is 69.9 cm³/mol. The molecule has 0 amide bonds. The largest absolute Gasteiger partial charge is 0.296 e. The Kier molecular flexibility index (Phi) is 3.04. The van der Waals surface area contributed by atoms with Crippen molar-refractivity contribution >= 4 is 6.29 Å². The van der Waals surface area contributed by atoms with Crippen LogP contribution in [0.4, 0.5) is 4.39 Å². The number of nitrogens with zero attached hydrogens (tertiary/aromatic N) is 4. The van der Waals surface area contributed by atoms with Crippen molar-refractivity contribution in [2.24, 2.45) is 0 Å². The molecule has 0 aliphatic rings. The van der Waals surface area contributed by atoms with Gasteiger partial charge in [0, 0.05) is 18.0 Å². The monoisotopic (exact) mass is 268 g/mol. The molecule has 0 bridgehead atoms. The Bertz CT molecular complexity index is 755. The van der Waals surface area contributed by atoms with E-state index in [1.807, 2.05) is 0 Å². The number of pyridine rings is 1. The lowest BCUT2D eigenvalue weighted by Crippen LogP contribution is -2.00. The summed E-state index contributed by atoms with van der Waals surface area (Å²) in [4.78, 5) is 15.1. The molecule has 5 nitrogen and oxygen atoms in total. The maximum atomic E-state index is 13.3. The Labute approximate surface area is 113 Å². The molecular formula is C14H9FN4O. The first-order valence-corrected chi connectivity index (χ1v) is 5.87. The Morgan fingerprint density at radius 3 is 2.80 bits per heavy atom. The van der Waals surface area contributed by atoms with Gasteiger partial charge < -0.3 is 0 Å². The SMILES string of the molecule is O=Cc1nnn(-c2cccc(F)c2)c1-c1cccnc1. The molecule has 0 atom stereocenters. The molecule has 0 radical (unpaired) electrons. The average molecular weight is 268 g/mol. The zero-order chi connectivity index (χ0) is 13.9. The van der Waals surface area contributed by atoms with Gasteiger partial charge in [0.15, 0.2) is 12.0 Å². The third-order valence-corrected chi connectivity index (χ3v) is 2.80. The first-order valence-electron chi connectivity index (χ1n) is 5.87. The number of carbonyl (C=O) groups excluding carboxylic acids is 1. The maximum absolute atomic E-state index is 13.3. The second kappa shape index (κ2) is 5.00. The fourth-order valence-electron chi connectivity index (χ4n) is 1.93. The number of aldehydes is 1. The van der Waals surface area contributed by atoms with Gasteiger partial charge >= 0.3 is 0 Å². The summed E-state index contributed by atoms with van der Waals surface area (Å²) in [5.41, 5.74) is 1.84. The number of hydrogen-bond donors (Lipinski definition) is 0. The zero-order valence-electron chi connectivity index (χ0n) is 10.3. The van der Waals surface area contributed by atoms with Crippen LogP contribution in [0.25, 0.3) is 16.9 Å². The van der Waals surface area contributed by atoms with E-state index in [0.29, 0.717) is 23.2 Å². The van der Waals surface area contributed by atoms with E-state index in [1.165, 1.54) is 16.8 Å². The maximum Gasteiger partial charge on any atom is 0.172 e. The van der Waals surface area contributed by atoms with Crippen LogP contribution in [0.3, 0.4) is 0 Å². The first-order chi connectivity index (χ1) is 9.79. The van der Waals surface area contributed by atoms with Crippen molar-refractivity contribution in [2.45, 2.75) is 0 Å². The quantitative estimate of drug-likeness (QED) is 0.684. The van der Waals surface area contributed by atoms with Crippen LogP contribution in [0.1, 0.15) is 10.5 Å². The van der Waals surface area contributed by atoms with Gasteiger partial charge in [-0.3, -0.25) is 9.78 Å². The zero-order valence-corrected chi connectivity index (χ0v) is 10.3. The Balaban J connectivity index is 2.23. The molecule has 0 unspecified atom stereocenters. The molecule has 0 saturated heterocycles. The lowest BCUT2D eigenvalue weighted by molar-refractivity contribution is 0.111. The predicted octanol–water partition coefficient (Wildman–Crippen LogP) is 2.28. The third kappa shape index (κ3) is 2.07. The van der Waals surface area contributed by atoms with Gasteiger partial charge in [0.25, 0.3) is 0 Å². The summed E-state index contributed by atoms with van der Waals surface area (Å²) in [7, 11) is 0. The smallest absolute Gasteiger partial charge is 0.172 e. The summed E-state index contributed by atoms with van der Waals surface area (Å²) in [5, 5.41) is 7.73. The highest BCUT2D eigenvalue weighted by Gasteiger charge is 2.16. The summed E-state index contributed by atoms with van der Waals surface area (Å²) in [6.45, 7) is 0. The minimum absolute atomic E-state index is 0.183. The van der Waals surface area contributed by atoms with Crippen molar-refractivity contribution in [1.29, 1.82) is 0 Å². The molecule has 0 aliphatic carbocycles. The number of benzene rings is 1. The lowest BCUT2D eigenvalue weighted by atomic mass is 10.1. The number of aromatic nitrogens is 4. The fraction of sp³-hybridized carbons (Fsp3) is 0. The molecule has 0 saturated carbocycles. The number of halogens is 1. The summed E-state index contributed by atoms with van der Waals surface area (Å²) in [5.74, 6) is -0.386. The van der Waals surface area contributed by atoms with Gasteiger partial charge in [-0.1, -0.05) is 11.3 Å². The van der Waals surface area contributed by atoms with Crippen molar-refractivity contribution in [3.63, 3.8) is 0 Å². The van der Waals surface area contributed by atoms with Gasteiger partial charge in [-0.05, 0) is 30.3 Å². The molecule has 20 heavy (non-hydrogen) atoms. The van der Waals surface area contributed by atoms with Crippen LogP contribution >= 0.6 is 0 Å². The highest BCUT2D eigenvalue weighted by Crippen LogP contribution is 2.23. The second-order valence-electron chi connectivity index (χ2n) is 4.07. The van der Waals surface area contributed by atoms with Crippen molar-refractivity contribution in [3.8, 4) is 16.9 Å². The molecule has 2 heterocycles. The number of hydrogen-bond acceptors (Lipinski definition) is 4. The Hall–Kier alpha value is -2.89. The molecule has 0 aliphatic heterocycles.